The molecule has 0 rings (SSSR count). The lowest BCUT2D eigenvalue weighted by Gasteiger charge is -2.23. The highest BCUT2D eigenvalue weighted by molar-refractivity contribution is 5.75. The molecule has 0 saturated heterocycles. The number of carbonyl (C=O) groups is 2. The molecule has 0 aromatic rings. The van der Waals surface area contributed by atoms with Gasteiger partial charge in [-0.25, -0.2) is 0 Å². The van der Waals surface area contributed by atoms with Gasteiger partial charge < -0.3 is 18.9 Å². The Kier molecular flexibility index (Phi) is 7.89. The Morgan fingerprint density at radius 3 is 1.52 bits per heavy atom. The summed E-state index contributed by atoms with van der Waals surface area (Å²) >= 11 is 0. The van der Waals surface area contributed by atoms with Crippen LogP contribution in [-0.4, -0.2) is 45.2 Å². The monoisotopic (exact) mass is 304 g/mol. The second-order valence-electron chi connectivity index (χ2n) is 6.89. The summed E-state index contributed by atoms with van der Waals surface area (Å²) in [6, 6.07) is 0. The summed E-state index contributed by atoms with van der Waals surface area (Å²) in [5, 5.41) is 0. The number of hydrogen-bond acceptors (Lipinski definition) is 6. The first-order chi connectivity index (χ1) is 9.48. The second-order valence-corrected chi connectivity index (χ2v) is 6.89. The Balaban J connectivity index is 4.39. The van der Waals surface area contributed by atoms with Crippen LogP contribution in [0.25, 0.3) is 0 Å². The van der Waals surface area contributed by atoms with E-state index in [4.69, 9.17) is 18.9 Å². The summed E-state index contributed by atoms with van der Waals surface area (Å²) in [6.45, 7) is 10.6. The molecule has 0 heterocycles. The molecule has 0 amide bonds. The van der Waals surface area contributed by atoms with E-state index in [1.165, 1.54) is 7.11 Å². The molecule has 0 aromatic carbocycles. The SMILES string of the molecule is COCOC(COC(=O)C(C)(C)C)COC(=O)C(C)(C)C. The summed E-state index contributed by atoms with van der Waals surface area (Å²) in [4.78, 5) is 23.4. The number of hydrogen-bond donors (Lipinski definition) is 0. The molecule has 0 fully saturated rings. The van der Waals surface area contributed by atoms with Crippen molar-refractivity contribution in [3.63, 3.8) is 0 Å². The summed E-state index contributed by atoms with van der Waals surface area (Å²) < 4.78 is 20.5. The van der Waals surface area contributed by atoms with Gasteiger partial charge in [-0.15, -0.1) is 0 Å². The molecule has 6 heteroatoms. The van der Waals surface area contributed by atoms with Gasteiger partial charge in [0.25, 0.3) is 0 Å². The van der Waals surface area contributed by atoms with Gasteiger partial charge in [0.05, 0.1) is 10.8 Å². The van der Waals surface area contributed by atoms with E-state index in [0.717, 1.165) is 0 Å². The molecule has 0 N–H and O–H groups in total. The van der Waals surface area contributed by atoms with Gasteiger partial charge in [-0.3, -0.25) is 9.59 Å². The van der Waals surface area contributed by atoms with Crippen molar-refractivity contribution in [3.05, 3.63) is 0 Å². The van der Waals surface area contributed by atoms with Gasteiger partial charge in [-0.05, 0) is 41.5 Å². The van der Waals surface area contributed by atoms with Crippen molar-refractivity contribution in [2.75, 3.05) is 27.1 Å². The van der Waals surface area contributed by atoms with Crippen molar-refractivity contribution < 1.29 is 28.5 Å². The molecule has 0 spiro atoms. The topological polar surface area (TPSA) is 71.1 Å². The van der Waals surface area contributed by atoms with Crippen molar-refractivity contribution in [1.82, 2.24) is 0 Å². The number of carbonyl (C=O) groups excluding carboxylic acids is 2. The largest absolute Gasteiger partial charge is 0.462 e. The van der Waals surface area contributed by atoms with E-state index >= 15 is 0 Å². The molecule has 0 atom stereocenters. The van der Waals surface area contributed by atoms with Gasteiger partial charge in [0.1, 0.15) is 26.1 Å². The van der Waals surface area contributed by atoms with Crippen molar-refractivity contribution >= 4 is 11.9 Å². The zero-order valence-electron chi connectivity index (χ0n) is 14.1. The van der Waals surface area contributed by atoms with Gasteiger partial charge in [-0.2, -0.15) is 0 Å². The van der Waals surface area contributed by atoms with Crippen LogP contribution in [0.5, 0.6) is 0 Å². The predicted molar refractivity (Wildman–Crippen MR) is 77.6 cm³/mol. The molecule has 0 aliphatic rings. The molecule has 124 valence electrons. The summed E-state index contributed by atoms with van der Waals surface area (Å²) in [7, 11) is 1.49. The maximum Gasteiger partial charge on any atom is 0.311 e. The lowest BCUT2D eigenvalue weighted by atomic mass is 9.97. The van der Waals surface area contributed by atoms with Crippen molar-refractivity contribution in [2.45, 2.75) is 47.6 Å². The van der Waals surface area contributed by atoms with Gasteiger partial charge in [0, 0.05) is 7.11 Å². The van der Waals surface area contributed by atoms with Crippen LogP contribution in [0.1, 0.15) is 41.5 Å². The van der Waals surface area contributed by atoms with E-state index in [0.29, 0.717) is 0 Å². The molecule has 0 aliphatic heterocycles. The molecule has 0 aromatic heterocycles. The third kappa shape index (κ3) is 8.67. The zero-order chi connectivity index (χ0) is 16.7. The standard InChI is InChI=1S/C15H28O6/c1-14(2,3)12(16)19-8-11(21-10-18-7)9-20-13(17)15(4,5)6/h11H,8-10H2,1-7H3. The Hall–Kier alpha value is -1.14. The first kappa shape index (κ1) is 19.9. The number of methoxy groups -OCH3 is 1. The minimum atomic E-state index is -0.589. The Bertz CT molecular complexity index is 307. The molecule has 0 bridgehead atoms. The van der Waals surface area contributed by atoms with Crippen molar-refractivity contribution in [1.29, 1.82) is 0 Å². The Morgan fingerprint density at radius 2 is 1.24 bits per heavy atom. The maximum atomic E-state index is 11.7. The van der Waals surface area contributed by atoms with Gasteiger partial charge in [-0.1, -0.05) is 0 Å². The van der Waals surface area contributed by atoms with Crippen LogP contribution in [0, 0.1) is 10.8 Å². The lowest BCUT2D eigenvalue weighted by Crippen LogP contribution is -2.34. The van der Waals surface area contributed by atoms with Crippen LogP contribution in [-0.2, 0) is 28.5 Å². The normalized spacial score (nSPS) is 12.4. The van der Waals surface area contributed by atoms with E-state index in [-0.39, 0.29) is 31.9 Å². The van der Waals surface area contributed by atoms with E-state index in [1.807, 2.05) is 0 Å². The van der Waals surface area contributed by atoms with Crippen LogP contribution in [0.15, 0.2) is 0 Å². The molecular weight excluding hydrogens is 276 g/mol. The minimum absolute atomic E-state index is 0.0108. The number of ether oxygens (including phenoxy) is 4. The van der Waals surface area contributed by atoms with Crippen molar-refractivity contribution in [2.24, 2.45) is 10.8 Å². The van der Waals surface area contributed by atoms with Crippen LogP contribution in [0.3, 0.4) is 0 Å². The molecule has 0 unspecified atom stereocenters. The van der Waals surface area contributed by atoms with Gasteiger partial charge >= 0.3 is 11.9 Å². The summed E-state index contributed by atoms with van der Waals surface area (Å²) in [6.07, 6.45) is -0.553. The van der Waals surface area contributed by atoms with Gasteiger partial charge in [0.15, 0.2) is 0 Å². The second kappa shape index (κ2) is 8.34. The highest BCUT2D eigenvalue weighted by Gasteiger charge is 2.27. The average molecular weight is 304 g/mol. The minimum Gasteiger partial charge on any atom is -0.462 e. The smallest absolute Gasteiger partial charge is 0.311 e. The Labute approximate surface area is 127 Å². The third-order valence-corrected chi connectivity index (χ3v) is 2.45. The van der Waals surface area contributed by atoms with E-state index in [1.54, 1.807) is 41.5 Å². The highest BCUT2D eigenvalue weighted by atomic mass is 16.7. The highest BCUT2D eigenvalue weighted by Crippen LogP contribution is 2.17. The zero-order valence-corrected chi connectivity index (χ0v) is 14.1. The van der Waals surface area contributed by atoms with E-state index in [9.17, 15) is 9.59 Å². The lowest BCUT2D eigenvalue weighted by molar-refractivity contribution is -0.171. The molecule has 6 nitrogen and oxygen atoms in total. The number of rotatable bonds is 7. The van der Waals surface area contributed by atoms with Crippen LogP contribution in [0.2, 0.25) is 0 Å². The third-order valence-electron chi connectivity index (χ3n) is 2.45. The Morgan fingerprint density at radius 1 is 0.857 bits per heavy atom. The quantitative estimate of drug-likeness (QED) is 0.530. The molecular formula is C15H28O6. The molecule has 0 radical (unpaired) electrons. The van der Waals surface area contributed by atoms with E-state index in [2.05, 4.69) is 0 Å². The number of esters is 2. The fourth-order valence-electron chi connectivity index (χ4n) is 1.08. The first-order valence-electron chi connectivity index (χ1n) is 6.93. The van der Waals surface area contributed by atoms with Crippen LogP contribution in [0.4, 0.5) is 0 Å². The first-order valence-corrected chi connectivity index (χ1v) is 6.93. The fourth-order valence-corrected chi connectivity index (χ4v) is 1.08. The van der Waals surface area contributed by atoms with Gasteiger partial charge in [0.2, 0.25) is 0 Å². The fraction of sp³-hybridized carbons (Fsp3) is 0.867. The van der Waals surface area contributed by atoms with E-state index < -0.39 is 16.9 Å². The van der Waals surface area contributed by atoms with Crippen LogP contribution < -0.4 is 0 Å². The predicted octanol–water partition coefficient (Wildman–Crippen LogP) is 2.15. The van der Waals surface area contributed by atoms with Crippen LogP contribution >= 0.6 is 0 Å². The molecule has 0 saturated carbocycles. The summed E-state index contributed by atoms with van der Waals surface area (Å²) in [5.74, 6) is -0.675. The average Bonchev–Trinajstić information content (AvgIpc) is 2.34. The summed E-state index contributed by atoms with van der Waals surface area (Å²) in [5.41, 5.74) is -1.18. The molecule has 0 aliphatic carbocycles. The van der Waals surface area contributed by atoms with Crippen molar-refractivity contribution in [3.8, 4) is 0 Å². The molecule has 21 heavy (non-hydrogen) atoms. The maximum absolute atomic E-state index is 11.7.